The Kier molecular flexibility index (Phi) is 3.48. The molecule has 1 aliphatic carbocycles. The summed E-state index contributed by atoms with van der Waals surface area (Å²) in [7, 11) is 0. The summed E-state index contributed by atoms with van der Waals surface area (Å²) in [4.78, 5) is 11.3. The Balaban J connectivity index is 1.46. The van der Waals surface area contributed by atoms with Crippen molar-refractivity contribution in [2.75, 3.05) is 19.7 Å². The predicted octanol–water partition coefficient (Wildman–Crippen LogP) is 2.54. The highest BCUT2D eigenvalue weighted by atomic mass is 32.1. The van der Waals surface area contributed by atoms with Gasteiger partial charge in [-0.3, -0.25) is 4.90 Å². The van der Waals surface area contributed by atoms with Gasteiger partial charge in [-0.15, -0.1) is 11.3 Å². The zero-order chi connectivity index (χ0) is 14.2. The Bertz CT molecular complexity index is 596. The van der Waals surface area contributed by atoms with Crippen molar-refractivity contribution in [2.45, 2.75) is 37.8 Å². The van der Waals surface area contributed by atoms with Crippen molar-refractivity contribution in [3.05, 3.63) is 28.3 Å². The number of hydrogen-bond donors (Lipinski definition) is 0. The van der Waals surface area contributed by atoms with Crippen LogP contribution in [0.5, 0.6) is 0 Å². The lowest BCUT2D eigenvalue weighted by molar-refractivity contribution is -0.0470. The van der Waals surface area contributed by atoms with Gasteiger partial charge in [-0.1, -0.05) is 5.16 Å². The zero-order valence-electron chi connectivity index (χ0n) is 11.9. The molecule has 3 heterocycles. The highest BCUT2D eigenvalue weighted by Gasteiger charge is 2.33. The highest BCUT2D eigenvalue weighted by Crippen LogP contribution is 2.39. The second-order valence-corrected chi connectivity index (χ2v) is 6.59. The molecule has 0 radical (unpaired) electrons. The summed E-state index contributed by atoms with van der Waals surface area (Å²) in [5.41, 5.74) is 0. The van der Waals surface area contributed by atoms with E-state index in [1.807, 2.05) is 11.6 Å². The number of aromatic nitrogens is 3. The summed E-state index contributed by atoms with van der Waals surface area (Å²) in [6.07, 6.45) is 4.26. The van der Waals surface area contributed by atoms with Gasteiger partial charge in [-0.2, -0.15) is 4.98 Å². The molecule has 1 saturated heterocycles. The predicted molar refractivity (Wildman–Crippen MR) is 77.1 cm³/mol. The maximum Gasteiger partial charge on any atom is 0.243 e. The van der Waals surface area contributed by atoms with E-state index < -0.39 is 0 Å². The zero-order valence-corrected chi connectivity index (χ0v) is 12.8. The molecule has 2 atom stereocenters. The Morgan fingerprint density at radius 3 is 3.10 bits per heavy atom. The second kappa shape index (κ2) is 5.47. The van der Waals surface area contributed by atoms with Crippen LogP contribution in [0.4, 0.5) is 0 Å². The van der Waals surface area contributed by atoms with Crippen molar-refractivity contribution in [3.63, 3.8) is 0 Å². The fourth-order valence-electron chi connectivity index (χ4n) is 2.64. The number of hydrogen-bond acceptors (Lipinski definition) is 7. The first-order chi connectivity index (χ1) is 10.3. The molecular weight excluding hydrogens is 288 g/mol. The molecule has 2 aromatic heterocycles. The maximum absolute atomic E-state index is 5.83. The van der Waals surface area contributed by atoms with Gasteiger partial charge in [0.05, 0.1) is 12.6 Å². The van der Waals surface area contributed by atoms with Gasteiger partial charge in [0.1, 0.15) is 11.1 Å². The van der Waals surface area contributed by atoms with E-state index >= 15 is 0 Å². The lowest BCUT2D eigenvalue weighted by Crippen LogP contribution is -2.39. The quantitative estimate of drug-likeness (QED) is 0.865. The summed E-state index contributed by atoms with van der Waals surface area (Å²) in [5, 5.41) is 7.13. The van der Waals surface area contributed by atoms with Gasteiger partial charge in [0.15, 0.2) is 5.82 Å². The molecule has 2 fully saturated rings. The maximum atomic E-state index is 5.83. The van der Waals surface area contributed by atoms with Crippen LogP contribution >= 0.6 is 11.3 Å². The smallest absolute Gasteiger partial charge is 0.243 e. The van der Waals surface area contributed by atoms with Gasteiger partial charge < -0.3 is 9.26 Å². The number of ether oxygens (including phenoxy) is 1. The largest absolute Gasteiger partial charge is 0.368 e. The topological polar surface area (TPSA) is 64.3 Å². The molecule has 112 valence electrons. The van der Waals surface area contributed by atoms with Crippen LogP contribution in [-0.2, 0) is 4.74 Å². The van der Waals surface area contributed by atoms with Gasteiger partial charge in [0.25, 0.3) is 0 Å². The van der Waals surface area contributed by atoms with Crippen LogP contribution in [0, 0.1) is 0 Å². The van der Waals surface area contributed by atoms with Crippen LogP contribution in [0.25, 0.3) is 0 Å². The summed E-state index contributed by atoms with van der Waals surface area (Å²) < 4.78 is 11.3. The van der Waals surface area contributed by atoms with E-state index in [4.69, 9.17) is 9.26 Å². The molecule has 2 aliphatic rings. The van der Waals surface area contributed by atoms with Crippen LogP contribution in [0.1, 0.15) is 54.6 Å². The van der Waals surface area contributed by atoms with Crippen LogP contribution in [0.3, 0.4) is 0 Å². The Morgan fingerprint density at radius 2 is 2.33 bits per heavy atom. The minimum absolute atomic E-state index is 0.0482. The third-order valence-corrected chi connectivity index (χ3v) is 5.00. The van der Waals surface area contributed by atoms with Crippen LogP contribution < -0.4 is 0 Å². The first kappa shape index (κ1) is 13.4. The summed E-state index contributed by atoms with van der Waals surface area (Å²) in [6, 6.07) is 0.122. The van der Waals surface area contributed by atoms with E-state index in [-0.39, 0.29) is 12.1 Å². The molecule has 21 heavy (non-hydrogen) atoms. The van der Waals surface area contributed by atoms with Gasteiger partial charge in [-0.05, 0) is 19.8 Å². The first-order valence-electron chi connectivity index (χ1n) is 7.40. The van der Waals surface area contributed by atoms with E-state index in [2.05, 4.69) is 26.9 Å². The third kappa shape index (κ3) is 2.73. The van der Waals surface area contributed by atoms with Crippen molar-refractivity contribution in [1.82, 2.24) is 20.0 Å². The standard InChI is InChI=1S/C14H18N4O2S/c1-9(13-16-12(17-20-13)10-2-3-10)18-5-6-19-11(8-18)14-15-4-7-21-14/h4,7,9-11H,2-3,5-6,8H2,1H3/t9-,11+/m1/s1. The van der Waals surface area contributed by atoms with Crippen molar-refractivity contribution >= 4 is 11.3 Å². The van der Waals surface area contributed by atoms with E-state index in [1.165, 1.54) is 12.8 Å². The molecule has 2 aromatic rings. The summed E-state index contributed by atoms with van der Waals surface area (Å²) in [5.74, 6) is 2.13. The average molecular weight is 306 g/mol. The third-order valence-electron chi connectivity index (χ3n) is 4.13. The SMILES string of the molecule is C[C@H](c1nc(C2CC2)no1)N1CCO[C@H](c2nccs2)C1. The molecule has 0 N–H and O–H groups in total. The van der Waals surface area contributed by atoms with Gasteiger partial charge in [0.2, 0.25) is 5.89 Å². The van der Waals surface area contributed by atoms with Crippen molar-refractivity contribution < 1.29 is 9.26 Å². The minimum atomic E-state index is 0.0482. The van der Waals surface area contributed by atoms with E-state index in [1.54, 1.807) is 11.3 Å². The summed E-state index contributed by atoms with van der Waals surface area (Å²) >= 11 is 1.64. The number of morpholine rings is 1. The van der Waals surface area contributed by atoms with Gasteiger partial charge in [0, 0.05) is 30.6 Å². The number of nitrogens with zero attached hydrogens (tertiary/aromatic N) is 4. The molecule has 1 aliphatic heterocycles. The van der Waals surface area contributed by atoms with Crippen molar-refractivity contribution in [1.29, 1.82) is 0 Å². The molecule has 0 bridgehead atoms. The number of rotatable bonds is 4. The fourth-order valence-corrected chi connectivity index (χ4v) is 3.32. The van der Waals surface area contributed by atoms with Gasteiger partial charge in [-0.25, -0.2) is 4.98 Å². The minimum Gasteiger partial charge on any atom is -0.368 e. The van der Waals surface area contributed by atoms with Crippen LogP contribution in [0.2, 0.25) is 0 Å². The Hall–Kier alpha value is -1.31. The fraction of sp³-hybridized carbons (Fsp3) is 0.643. The molecule has 1 saturated carbocycles. The Labute approximate surface area is 127 Å². The molecular formula is C14H18N4O2S. The molecule has 7 heteroatoms. The molecule has 0 spiro atoms. The van der Waals surface area contributed by atoms with E-state index in [0.29, 0.717) is 12.5 Å². The second-order valence-electron chi connectivity index (χ2n) is 5.67. The van der Waals surface area contributed by atoms with E-state index in [0.717, 1.165) is 29.8 Å². The van der Waals surface area contributed by atoms with E-state index in [9.17, 15) is 0 Å². The number of thiazole rings is 1. The molecule has 6 nitrogen and oxygen atoms in total. The first-order valence-corrected chi connectivity index (χ1v) is 8.28. The Morgan fingerprint density at radius 1 is 1.43 bits per heavy atom. The highest BCUT2D eigenvalue weighted by molar-refractivity contribution is 7.09. The molecule has 0 amide bonds. The van der Waals surface area contributed by atoms with Crippen molar-refractivity contribution in [3.8, 4) is 0 Å². The van der Waals surface area contributed by atoms with Gasteiger partial charge >= 0.3 is 0 Å². The lowest BCUT2D eigenvalue weighted by Gasteiger charge is -2.34. The van der Waals surface area contributed by atoms with Crippen LogP contribution in [-0.4, -0.2) is 39.7 Å². The summed E-state index contributed by atoms with van der Waals surface area (Å²) in [6.45, 7) is 4.52. The molecule has 4 rings (SSSR count). The monoisotopic (exact) mass is 306 g/mol. The van der Waals surface area contributed by atoms with Crippen LogP contribution in [0.15, 0.2) is 16.1 Å². The average Bonchev–Trinajstić information content (AvgIpc) is 3.05. The molecule has 0 unspecified atom stereocenters. The normalized spacial score (nSPS) is 25.1. The molecule has 0 aromatic carbocycles. The van der Waals surface area contributed by atoms with Crippen molar-refractivity contribution in [2.24, 2.45) is 0 Å². The lowest BCUT2D eigenvalue weighted by atomic mass is 10.2.